The van der Waals surface area contributed by atoms with Crippen LogP contribution in [0.4, 0.5) is 20.6 Å². The lowest BCUT2D eigenvalue weighted by Gasteiger charge is -2.26. The van der Waals surface area contributed by atoms with Gasteiger partial charge in [-0.15, -0.1) is 0 Å². The molecule has 0 aliphatic heterocycles. The Hall–Kier alpha value is -3.66. The summed E-state index contributed by atoms with van der Waals surface area (Å²) in [6, 6.07) is 10.3. The first-order valence-corrected chi connectivity index (χ1v) is 8.23. The highest BCUT2D eigenvalue weighted by atomic mass is 19.1. The van der Waals surface area contributed by atoms with Gasteiger partial charge in [0, 0.05) is 24.3 Å². The number of anilines is 1. The third-order valence-electron chi connectivity index (χ3n) is 4.51. The van der Waals surface area contributed by atoms with Crippen LogP contribution < -0.4 is 10.9 Å². The number of pyridine rings is 1. The number of carbonyl (C=O) groups excluding carboxylic acids is 1. The van der Waals surface area contributed by atoms with E-state index in [9.17, 15) is 14.0 Å². The Morgan fingerprint density at radius 3 is 2.67 bits per heavy atom. The summed E-state index contributed by atoms with van der Waals surface area (Å²) in [5, 5.41) is 3.98. The monoisotopic (exact) mass is 364 g/mol. The van der Waals surface area contributed by atoms with Crippen LogP contribution in [-0.4, -0.2) is 23.0 Å². The molecule has 1 aromatic heterocycles. The van der Waals surface area contributed by atoms with E-state index < -0.39 is 11.8 Å². The molecule has 0 aliphatic rings. The zero-order chi connectivity index (χ0) is 19.6. The van der Waals surface area contributed by atoms with Crippen LogP contribution in [0.2, 0.25) is 0 Å². The minimum atomic E-state index is -0.635. The van der Waals surface area contributed by atoms with Gasteiger partial charge in [-0.05, 0) is 42.1 Å². The number of benzene rings is 2. The number of aromatic amines is 1. The molecule has 6 nitrogen and oxygen atoms in total. The molecule has 0 spiro atoms. The summed E-state index contributed by atoms with van der Waals surface area (Å²) in [6.45, 7) is 8.80. The van der Waals surface area contributed by atoms with Crippen LogP contribution in [0.5, 0.6) is 0 Å². The number of hydrogen-bond donors (Lipinski definition) is 2. The third-order valence-corrected chi connectivity index (χ3v) is 4.51. The molecule has 0 saturated heterocycles. The molecule has 27 heavy (non-hydrogen) atoms. The maximum Gasteiger partial charge on any atom is 0.322 e. The second-order valence-corrected chi connectivity index (χ2v) is 6.11. The summed E-state index contributed by atoms with van der Waals surface area (Å²) >= 11 is 0. The van der Waals surface area contributed by atoms with E-state index in [-0.39, 0.29) is 17.3 Å². The van der Waals surface area contributed by atoms with Crippen molar-refractivity contribution in [2.75, 3.05) is 12.4 Å². The maximum absolute atomic E-state index is 13.4. The fourth-order valence-corrected chi connectivity index (χ4v) is 2.85. The third kappa shape index (κ3) is 3.51. The Morgan fingerprint density at radius 1 is 1.26 bits per heavy atom. The molecule has 0 fully saturated rings. The van der Waals surface area contributed by atoms with Crippen LogP contribution in [0.3, 0.4) is 0 Å². The summed E-state index contributed by atoms with van der Waals surface area (Å²) in [5.41, 5.74) is 0.781. The molecule has 3 aromatic rings. The quantitative estimate of drug-likeness (QED) is 0.675. The zero-order valence-electron chi connectivity index (χ0n) is 14.8. The van der Waals surface area contributed by atoms with Gasteiger partial charge in [0.2, 0.25) is 5.69 Å². The second-order valence-electron chi connectivity index (χ2n) is 6.11. The SMILES string of the molecule is [C-]#[N+]c1cc(NC(=O)N(C)[C@H](C)c2c[nH]c(=O)c3ccccc23)ccc1F. The van der Waals surface area contributed by atoms with Gasteiger partial charge in [0.05, 0.1) is 12.6 Å². The Kier molecular flexibility index (Phi) is 4.90. The van der Waals surface area contributed by atoms with Gasteiger partial charge in [0.25, 0.3) is 5.56 Å². The van der Waals surface area contributed by atoms with Crippen LogP contribution in [0.1, 0.15) is 18.5 Å². The predicted molar refractivity (Wildman–Crippen MR) is 102 cm³/mol. The van der Waals surface area contributed by atoms with Gasteiger partial charge in [-0.3, -0.25) is 4.79 Å². The Bertz CT molecular complexity index is 1120. The summed E-state index contributed by atoms with van der Waals surface area (Å²) in [6.07, 6.45) is 1.61. The molecule has 0 saturated carbocycles. The fourth-order valence-electron chi connectivity index (χ4n) is 2.85. The molecule has 136 valence electrons. The fraction of sp³-hybridized carbons (Fsp3) is 0.150. The molecular formula is C20H17FN4O2. The molecular weight excluding hydrogens is 347 g/mol. The minimum absolute atomic E-state index is 0.157. The highest BCUT2D eigenvalue weighted by molar-refractivity contribution is 5.91. The second kappa shape index (κ2) is 7.30. The molecule has 1 atom stereocenters. The summed E-state index contributed by atoms with van der Waals surface area (Å²) in [5.74, 6) is -0.635. The standard InChI is InChI=1S/C20H17FN4O2/c1-12(16-11-23-19(26)15-7-5-4-6-14(15)16)25(3)20(27)24-13-8-9-17(21)18(10-13)22-2/h4-12H,1,3H3,(H,23,26)(H,24,27)/t12-/m1/s1. The first-order chi connectivity index (χ1) is 12.9. The van der Waals surface area contributed by atoms with Gasteiger partial charge in [-0.25, -0.2) is 14.0 Å². The van der Waals surface area contributed by atoms with Crippen LogP contribution >= 0.6 is 0 Å². The predicted octanol–water partition coefficient (Wildman–Crippen LogP) is 4.44. The number of aromatic nitrogens is 1. The van der Waals surface area contributed by atoms with Gasteiger partial charge in [0.15, 0.2) is 0 Å². The Labute approximate surface area is 155 Å². The molecule has 1 heterocycles. The van der Waals surface area contributed by atoms with Crippen LogP contribution in [0.25, 0.3) is 15.6 Å². The van der Waals surface area contributed by atoms with Crippen molar-refractivity contribution in [3.05, 3.63) is 81.8 Å². The number of nitrogens with one attached hydrogen (secondary N) is 2. The topological polar surface area (TPSA) is 69.6 Å². The van der Waals surface area contributed by atoms with Gasteiger partial charge in [-0.2, -0.15) is 0 Å². The number of nitrogens with zero attached hydrogens (tertiary/aromatic N) is 2. The Balaban J connectivity index is 1.87. The lowest BCUT2D eigenvalue weighted by Crippen LogP contribution is -2.34. The number of H-pyrrole nitrogens is 1. The summed E-state index contributed by atoms with van der Waals surface area (Å²) in [7, 11) is 1.62. The van der Waals surface area contributed by atoms with Crippen molar-refractivity contribution in [3.63, 3.8) is 0 Å². The molecule has 2 N–H and O–H groups in total. The van der Waals surface area contributed by atoms with E-state index in [2.05, 4.69) is 15.1 Å². The molecule has 7 heteroatoms. The van der Waals surface area contributed by atoms with Crippen LogP contribution in [0, 0.1) is 12.4 Å². The number of rotatable bonds is 3. The normalized spacial score (nSPS) is 11.6. The first-order valence-electron chi connectivity index (χ1n) is 8.23. The van der Waals surface area contributed by atoms with Crippen LogP contribution in [-0.2, 0) is 0 Å². The van der Waals surface area contributed by atoms with E-state index in [1.165, 1.54) is 17.0 Å². The lowest BCUT2D eigenvalue weighted by molar-refractivity contribution is 0.208. The average molecular weight is 364 g/mol. The molecule has 2 aromatic carbocycles. The number of halogens is 1. The van der Waals surface area contributed by atoms with Crippen molar-refractivity contribution < 1.29 is 9.18 Å². The van der Waals surface area contributed by atoms with Crippen molar-refractivity contribution >= 4 is 28.2 Å². The van der Waals surface area contributed by atoms with Crippen molar-refractivity contribution in [1.82, 2.24) is 9.88 Å². The van der Waals surface area contributed by atoms with Crippen molar-refractivity contribution in [2.24, 2.45) is 0 Å². The number of fused-ring (bicyclic) bond motifs is 1. The highest BCUT2D eigenvalue weighted by Crippen LogP contribution is 2.26. The number of urea groups is 1. The first kappa shape index (κ1) is 18.1. The molecule has 0 radical (unpaired) electrons. The Morgan fingerprint density at radius 2 is 1.96 bits per heavy atom. The maximum atomic E-state index is 13.4. The molecule has 0 unspecified atom stereocenters. The van der Waals surface area contributed by atoms with E-state index >= 15 is 0 Å². The van der Waals surface area contributed by atoms with E-state index in [0.717, 1.165) is 17.0 Å². The number of carbonyl (C=O) groups is 1. The van der Waals surface area contributed by atoms with Crippen molar-refractivity contribution in [3.8, 4) is 0 Å². The van der Waals surface area contributed by atoms with Gasteiger partial charge in [-0.1, -0.05) is 18.2 Å². The average Bonchev–Trinajstić information content (AvgIpc) is 2.68. The van der Waals surface area contributed by atoms with E-state index in [4.69, 9.17) is 6.57 Å². The summed E-state index contributed by atoms with van der Waals surface area (Å²) in [4.78, 5) is 31.8. The molecule has 0 aliphatic carbocycles. The van der Waals surface area contributed by atoms with E-state index in [1.807, 2.05) is 19.1 Å². The smallest absolute Gasteiger partial charge is 0.322 e. The van der Waals surface area contributed by atoms with E-state index in [1.54, 1.807) is 25.4 Å². The lowest BCUT2D eigenvalue weighted by atomic mass is 10.0. The zero-order valence-corrected chi connectivity index (χ0v) is 14.8. The van der Waals surface area contributed by atoms with Gasteiger partial charge in [0.1, 0.15) is 5.82 Å². The molecule has 3 rings (SSSR count). The largest absolute Gasteiger partial charge is 0.328 e. The number of hydrogen-bond acceptors (Lipinski definition) is 2. The molecule has 0 bridgehead atoms. The summed E-state index contributed by atoms with van der Waals surface area (Å²) < 4.78 is 13.4. The van der Waals surface area contributed by atoms with Crippen molar-refractivity contribution in [1.29, 1.82) is 0 Å². The van der Waals surface area contributed by atoms with Gasteiger partial charge >= 0.3 is 6.03 Å². The van der Waals surface area contributed by atoms with Gasteiger partial charge < -0.3 is 15.2 Å². The van der Waals surface area contributed by atoms with E-state index in [0.29, 0.717) is 11.1 Å². The van der Waals surface area contributed by atoms with Crippen molar-refractivity contribution in [2.45, 2.75) is 13.0 Å². The van der Waals surface area contributed by atoms with Crippen LogP contribution in [0.15, 0.2) is 53.5 Å². The highest BCUT2D eigenvalue weighted by Gasteiger charge is 2.20. The minimum Gasteiger partial charge on any atom is -0.328 e. The number of amides is 2. The molecule has 2 amide bonds.